The van der Waals surface area contributed by atoms with Crippen LogP contribution in [0.15, 0.2) is 30.3 Å². The summed E-state index contributed by atoms with van der Waals surface area (Å²) >= 11 is 0. The maximum atomic E-state index is 9.15. The molecule has 3 atom stereocenters. The summed E-state index contributed by atoms with van der Waals surface area (Å²) in [6, 6.07) is 13.2. The van der Waals surface area contributed by atoms with E-state index in [2.05, 4.69) is 47.5 Å². The van der Waals surface area contributed by atoms with Gasteiger partial charge in [-0.2, -0.15) is 0 Å². The van der Waals surface area contributed by atoms with Crippen LogP contribution in [0, 0.1) is 0 Å². The Bertz CT molecular complexity index is 432. The first-order valence-electron chi connectivity index (χ1n) is 8.45. The summed E-state index contributed by atoms with van der Waals surface area (Å²) in [6.07, 6.45) is 5.91. The van der Waals surface area contributed by atoms with Crippen molar-refractivity contribution in [2.75, 3.05) is 13.2 Å². The molecule has 0 radical (unpaired) electrons. The van der Waals surface area contributed by atoms with Crippen LogP contribution in [0.1, 0.15) is 50.6 Å². The van der Waals surface area contributed by atoms with Crippen molar-refractivity contribution >= 4 is 0 Å². The van der Waals surface area contributed by atoms with Crippen LogP contribution < -0.4 is 5.32 Å². The second-order valence-corrected chi connectivity index (χ2v) is 6.71. The predicted octanol–water partition coefficient (Wildman–Crippen LogP) is 2.72. The fraction of sp³-hybridized carbons (Fsp3) is 0.667. The monoisotopic (exact) mass is 288 g/mol. The first kappa shape index (κ1) is 15.0. The fourth-order valence-electron chi connectivity index (χ4n) is 3.70. The molecule has 1 saturated heterocycles. The summed E-state index contributed by atoms with van der Waals surface area (Å²) in [5, 5.41) is 13.0. The van der Waals surface area contributed by atoms with Gasteiger partial charge in [-0.05, 0) is 44.6 Å². The van der Waals surface area contributed by atoms with E-state index < -0.39 is 0 Å². The summed E-state index contributed by atoms with van der Waals surface area (Å²) < 4.78 is 0. The largest absolute Gasteiger partial charge is 0.396 e. The molecule has 3 nitrogen and oxygen atoms in total. The zero-order valence-electron chi connectivity index (χ0n) is 13.0. The standard InChI is InChI=1S/C18H28N2O/c1-14-12-16(13-20(14)17-9-10-17)19-18(8-5-11-21)15-6-3-2-4-7-15/h2-4,6-7,14,16-19,21H,5,8-13H2,1H3. The van der Waals surface area contributed by atoms with Gasteiger partial charge in [0.25, 0.3) is 0 Å². The van der Waals surface area contributed by atoms with Crippen molar-refractivity contribution in [1.29, 1.82) is 0 Å². The molecule has 1 aromatic carbocycles. The van der Waals surface area contributed by atoms with Gasteiger partial charge in [0.05, 0.1) is 0 Å². The van der Waals surface area contributed by atoms with E-state index in [1.165, 1.54) is 31.4 Å². The van der Waals surface area contributed by atoms with Gasteiger partial charge in [0.1, 0.15) is 0 Å². The molecule has 0 spiro atoms. The molecule has 0 aromatic heterocycles. The van der Waals surface area contributed by atoms with Gasteiger partial charge in [-0.25, -0.2) is 0 Å². The van der Waals surface area contributed by atoms with Gasteiger partial charge in [-0.3, -0.25) is 4.90 Å². The Balaban J connectivity index is 1.61. The van der Waals surface area contributed by atoms with Crippen molar-refractivity contribution in [2.24, 2.45) is 0 Å². The van der Waals surface area contributed by atoms with Crippen LogP contribution in [0.3, 0.4) is 0 Å². The molecule has 3 heteroatoms. The molecule has 0 amide bonds. The molecular weight excluding hydrogens is 260 g/mol. The zero-order chi connectivity index (χ0) is 14.7. The lowest BCUT2D eigenvalue weighted by Gasteiger charge is -2.24. The highest BCUT2D eigenvalue weighted by Gasteiger charge is 2.39. The third kappa shape index (κ3) is 3.85. The first-order valence-corrected chi connectivity index (χ1v) is 8.45. The third-order valence-corrected chi connectivity index (χ3v) is 4.93. The SMILES string of the molecule is CC1CC(NC(CCCO)c2ccccc2)CN1C1CC1. The normalized spacial score (nSPS) is 27.9. The fourth-order valence-corrected chi connectivity index (χ4v) is 3.70. The molecule has 21 heavy (non-hydrogen) atoms. The van der Waals surface area contributed by atoms with E-state index in [0.717, 1.165) is 18.9 Å². The van der Waals surface area contributed by atoms with Crippen molar-refractivity contribution in [2.45, 2.75) is 63.2 Å². The van der Waals surface area contributed by atoms with Crippen molar-refractivity contribution in [3.8, 4) is 0 Å². The Hall–Kier alpha value is -0.900. The number of rotatable bonds is 7. The van der Waals surface area contributed by atoms with Crippen LogP contribution in [0.5, 0.6) is 0 Å². The maximum absolute atomic E-state index is 9.15. The average Bonchev–Trinajstić information content (AvgIpc) is 3.28. The van der Waals surface area contributed by atoms with Crippen LogP contribution in [-0.4, -0.2) is 41.3 Å². The van der Waals surface area contributed by atoms with Crippen LogP contribution in [0.25, 0.3) is 0 Å². The van der Waals surface area contributed by atoms with Crippen molar-refractivity contribution in [1.82, 2.24) is 10.2 Å². The first-order chi connectivity index (χ1) is 10.3. The number of nitrogens with zero attached hydrogens (tertiary/aromatic N) is 1. The molecule has 3 rings (SSSR count). The Morgan fingerprint density at radius 1 is 1.29 bits per heavy atom. The smallest absolute Gasteiger partial charge is 0.0431 e. The molecule has 1 heterocycles. The molecule has 116 valence electrons. The number of hydrogen-bond donors (Lipinski definition) is 2. The summed E-state index contributed by atoms with van der Waals surface area (Å²) in [7, 11) is 0. The van der Waals surface area contributed by atoms with Crippen LogP contribution in [0.4, 0.5) is 0 Å². The number of hydrogen-bond acceptors (Lipinski definition) is 3. The van der Waals surface area contributed by atoms with Gasteiger partial charge in [0.15, 0.2) is 0 Å². The second-order valence-electron chi connectivity index (χ2n) is 6.71. The van der Waals surface area contributed by atoms with Gasteiger partial charge in [-0.1, -0.05) is 30.3 Å². The van der Waals surface area contributed by atoms with Crippen molar-refractivity contribution < 1.29 is 5.11 Å². The number of aliphatic hydroxyl groups is 1. The van der Waals surface area contributed by atoms with E-state index in [4.69, 9.17) is 5.11 Å². The highest BCUT2D eigenvalue weighted by atomic mass is 16.2. The molecule has 2 N–H and O–H groups in total. The molecule has 3 unspecified atom stereocenters. The highest BCUT2D eigenvalue weighted by Crippen LogP contribution is 2.34. The van der Waals surface area contributed by atoms with E-state index in [1.807, 2.05) is 0 Å². The van der Waals surface area contributed by atoms with Gasteiger partial charge >= 0.3 is 0 Å². The lowest BCUT2D eigenvalue weighted by molar-refractivity contribution is 0.251. The summed E-state index contributed by atoms with van der Waals surface area (Å²) in [5.74, 6) is 0. The highest BCUT2D eigenvalue weighted by molar-refractivity contribution is 5.19. The minimum atomic E-state index is 0.278. The Labute approximate surface area is 128 Å². The number of benzene rings is 1. The number of aliphatic hydroxyl groups excluding tert-OH is 1. The second kappa shape index (κ2) is 6.91. The molecule has 2 aliphatic rings. The Morgan fingerprint density at radius 2 is 2.05 bits per heavy atom. The summed E-state index contributed by atoms with van der Waals surface area (Å²) in [5.41, 5.74) is 1.35. The Morgan fingerprint density at radius 3 is 2.71 bits per heavy atom. The summed E-state index contributed by atoms with van der Waals surface area (Å²) in [4.78, 5) is 2.69. The lowest BCUT2D eigenvalue weighted by atomic mass is 10.0. The quantitative estimate of drug-likeness (QED) is 0.810. The Kier molecular flexibility index (Phi) is 4.94. The van der Waals surface area contributed by atoms with Gasteiger partial charge < -0.3 is 10.4 Å². The summed E-state index contributed by atoms with van der Waals surface area (Å²) in [6.45, 7) is 3.83. The van der Waals surface area contributed by atoms with Gasteiger partial charge in [-0.15, -0.1) is 0 Å². The van der Waals surface area contributed by atoms with E-state index in [9.17, 15) is 0 Å². The number of likely N-dealkylation sites (tertiary alicyclic amines) is 1. The molecule has 0 bridgehead atoms. The van der Waals surface area contributed by atoms with Crippen LogP contribution >= 0.6 is 0 Å². The molecule has 1 aliphatic heterocycles. The van der Waals surface area contributed by atoms with Gasteiger partial charge in [0.2, 0.25) is 0 Å². The van der Waals surface area contributed by atoms with E-state index in [1.54, 1.807) is 0 Å². The molecular formula is C18H28N2O. The molecule has 2 fully saturated rings. The average molecular weight is 288 g/mol. The molecule has 1 aromatic rings. The zero-order valence-corrected chi connectivity index (χ0v) is 13.0. The molecule has 1 aliphatic carbocycles. The van der Waals surface area contributed by atoms with Crippen molar-refractivity contribution in [3.05, 3.63) is 35.9 Å². The minimum absolute atomic E-state index is 0.278. The van der Waals surface area contributed by atoms with Crippen LogP contribution in [-0.2, 0) is 0 Å². The predicted molar refractivity (Wildman–Crippen MR) is 86.2 cm³/mol. The molecule has 1 saturated carbocycles. The minimum Gasteiger partial charge on any atom is -0.396 e. The lowest BCUT2D eigenvalue weighted by Crippen LogP contribution is -2.36. The topological polar surface area (TPSA) is 35.5 Å². The van der Waals surface area contributed by atoms with Crippen molar-refractivity contribution in [3.63, 3.8) is 0 Å². The van der Waals surface area contributed by atoms with E-state index in [-0.39, 0.29) is 6.61 Å². The van der Waals surface area contributed by atoms with E-state index in [0.29, 0.717) is 18.1 Å². The van der Waals surface area contributed by atoms with Crippen LogP contribution in [0.2, 0.25) is 0 Å². The number of nitrogens with one attached hydrogen (secondary N) is 1. The third-order valence-electron chi connectivity index (χ3n) is 4.93. The maximum Gasteiger partial charge on any atom is 0.0431 e. The van der Waals surface area contributed by atoms with Gasteiger partial charge in [0, 0.05) is 37.3 Å². The van der Waals surface area contributed by atoms with E-state index >= 15 is 0 Å².